The van der Waals surface area contributed by atoms with Crippen molar-refractivity contribution >= 4 is 71.1 Å². The third-order valence-corrected chi connectivity index (χ3v) is 6.37. The van der Waals surface area contributed by atoms with Crippen molar-refractivity contribution in [2.45, 2.75) is 18.3 Å². The van der Waals surface area contributed by atoms with Gasteiger partial charge in [0.1, 0.15) is 0 Å². The number of halogens is 6. The molecule has 1 atom stereocenters. The number of amides is 1. The maximum atomic E-state index is 13.8. The maximum Gasteiger partial charge on any atom is 0.423 e. The van der Waals surface area contributed by atoms with Gasteiger partial charge >= 0.3 is 6.18 Å². The molecule has 0 bridgehead atoms. The number of rotatable bonds is 8. The summed E-state index contributed by atoms with van der Waals surface area (Å²) in [7, 11) is 0. The molecule has 1 amide bonds. The third kappa shape index (κ3) is 6.62. The predicted molar refractivity (Wildman–Crippen MR) is 125 cm³/mol. The Labute approximate surface area is 201 Å². The molecule has 0 aliphatic rings. The van der Waals surface area contributed by atoms with Gasteiger partial charge in [0.05, 0.1) is 12.3 Å². The second kappa shape index (κ2) is 10.7. The molecule has 2 rings (SSSR count). The van der Waals surface area contributed by atoms with Gasteiger partial charge in [-0.15, -0.1) is 0 Å². The van der Waals surface area contributed by atoms with Crippen molar-refractivity contribution in [3.63, 3.8) is 0 Å². The Balaban J connectivity index is 2.18. The van der Waals surface area contributed by atoms with Gasteiger partial charge in [-0.3, -0.25) is 4.79 Å². The molecular formula is C19H18Br3F3N2O2S. The lowest BCUT2D eigenvalue weighted by Gasteiger charge is -2.32. The topological polar surface area (TPSA) is 61.4 Å². The van der Waals surface area contributed by atoms with Crippen LogP contribution in [0.15, 0.2) is 49.8 Å². The number of thioether (sulfide) groups is 1. The van der Waals surface area contributed by atoms with E-state index in [0.717, 1.165) is 5.56 Å². The van der Waals surface area contributed by atoms with Gasteiger partial charge in [0.25, 0.3) is 0 Å². The van der Waals surface area contributed by atoms with Crippen molar-refractivity contribution in [1.82, 2.24) is 5.32 Å². The number of carbonyl (C=O) groups is 1. The highest BCUT2D eigenvalue weighted by molar-refractivity contribution is 9.11. The Morgan fingerprint density at radius 1 is 1.10 bits per heavy atom. The van der Waals surface area contributed by atoms with Crippen LogP contribution in [0.2, 0.25) is 0 Å². The van der Waals surface area contributed by atoms with Crippen molar-refractivity contribution in [2.24, 2.45) is 0 Å². The summed E-state index contributed by atoms with van der Waals surface area (Å²) >= 11 is 11.1. The second-order valence-electron chi connectivity index (χ2n) is 6.39. The number of aliphatic hydroxyl groups is 1. The average Bonchev–Trinajstić information content (AvgIpc) is 2.63. The van der Waals surface area contributed by atoms with E-state index in [9.17, 15) is 23.1 Å². The van der Waals surface area contributed by atoms with Gasteiger partial charge in [0.15, 0.2) is 0 Å². The van der Waals surface area contributed by atoms with Gasteiger partial charge in [0, 0.05) is 25.7 Å². The summed E-state index contributed by atoms with van der Waals surface area (Å²) in [5, 5.41) is 16.0. The molecule has 30 heavy (non-hydrogen) atoms. The molecule has 0 saturated heterocycles. The lowest BCUT2D eigenvalue weighted by Crippen LogP contribution is -2.47. The molecule has 0 unspecified atom stereocenters. The Bertz CT molecular complexity index is 895. The number of benzene rings is 2. The highest BCUT2D eigenvalue weighted by Gasteiger charge is 2.55. The summed E-state index contributed by atoms with van der Waals surface area (Å²) in [5.41, 5.74) is -2.23. The normalized spacial score (nSPS) is 13.6. The van der Waals surface area contributed by atoms with Gasteiger partial charge in [0.2, 0.25) is 11.5 Å². The van der Waals surface area contributed by atoms with Crippen LogP contribution in [0.3, 0.4) is 0 Å². The van der Waals surface area contributed by atoms with Crippen LogP contribution in [0.25, 0.3) is 0 Å². The van der Waals surface area contributed by atoms with Gasteiger partial charge in [-0.05, 0) is 47.7 Å². The van der Waals surface area contributed by atoms with Crippen LogP contribution in [-0.4, -0.2) is 35.7 Å². The lowest BCUT2D eigenvalue weighted by molar-refractivity contribution is -0.260. The van der Waals surface area contributed by atoms with Crippen LogP contribution in [0.1, 0.15) is 11.1 Å². The van der Waals surface area contributed by atoms with Gasteiger partial charge in [-0.25, -0.2) is 0 Å². The summed E-state index contributed by atoms with van der Waals surface area (Å²) in [6, 6.07) is 8.93. The minimum absolute atomic E-state index is 0.105. The third-order valence-electron chi connectivity index (χ3n) is 4.16. The molecule has 0 heterocycles. The molecule has 3 N–H and O–H groups in total. The van der Waals surface area contributed by atoms with Crippen LogP contribution in [0.5, 0.6) is 0 Å². The van der Waals surface area contributed by atoms with E-state index in [2.05, 4.69) is 58.4 Å². The standard InChI is InChI=1S/C19H18Br3F3N2O2S/c1-30-9-17(28)26-8-11-2-3-15(7-16(11)22)27-10-18(29,19(23,24)25)12-4-13(20)6-14(21)5-12/h2-7,27,29H,8-10H2,1H3,(H,26,28)/t18-/m0/s1. The summed E-state index contributed by atoms with van der Waals surface area (Å²) in [4.78, 5) is 11.6. The predicted octanol–water partition coefficient (Wildman–Crippen LogP) is 5.82. The molecule has 0 aromatic heterocycles. The Hall–Kier alpha value is -0.750. The quantitative estimate of drug-likeness (QED) is 0.343. The smallest absolute Gasteiger partial charge is 0.381 e. The van der Waals surface area contributed by atoms with E-state index in [4.69, 9.17) is 0 Å². The molecule has 0 aliphatic heterocycles. The number of hydrogen-bond donors (Lipinski definition) is 3. The molecule has 164 valence electrons. The van der Waals surface area contributed by atoms with Crippen molar-refractivity contribution in [3.05, 3.63) is 60.9 Å². The van der Waals surface area contributed by atoms with Gasteiger partial charge in [-0.2, -0.15) is 24.9 Å². The first-order chi connectivity index (χ1) is 14.0. The monoisotopic (exact) mass is 632 g/mol. The van der Waals surface area contributed by atoms with Crippen LogP contribution < -0.4 is 10.6 Å². The zero-order valence-electron chi connectivity index (χ0n) is 15.6. The molecule has 0 fully saturated rings. The first-order valence-electron chi connectivity index (χ1n) is 8.50. The fourth-order valence-electron chi connectivity index (χ4n) is 2.57. The Morgan fingerprint density at radius 2 is 1.73 bits per heavy atom. The first-order valence-corrected chi connectivity index (χ1v) is 12.3. The minimum Gasteiger partial charge on any atom is -0.381 e. The number of nitrogens with one attached hydrogen (secondary N) is 2. The molecule has 0 spiro atoms. The Kier molecular flexibility index (Phi) is 9.11. The van der Waals surface area contributed by atoms with Crippen LogP contribution in [-0.2, 0) is 16.9 Å². The van der Waals surface area contributed by atoms with E-state index >= 15 is 0 Å². The summed E-state index contributed by atoms with van der Waals surface area (Å²) in [6.45, 7) is -0.492. The second-order valence-corrected chi connectivity index (χ2v) is 9.94. The van der Waals surface area contributed by atoms with E-state index in [1.54, 1.807) is 24.3 Å². The average molecular weight is 635 g/mol. The maximum absolute atomic E-state index is 13.8. The zero-order valence-corrected chi connectivity index (χ0v) is 21.2. The summed E-state index contributed by atoms with van der Waals surface area (Å²) in [5.74, 6) is 0.242. The van der Waals surface area contributed by atoms with Crippen LogP contribution in [0.4, 0.5) is 18.9 Å². The van der Waals surface area contributed by atoms with E-state index in [-0.39, 0.29) is 11.5 Å². The molecule has 0 radical (unpaired) electrons. The van der Waals surface area contributed by atoms with Crippen LogP contribution in [0, 0.1) is 0 Å². The largest absolute Gasteiger partial charge is 0.423 e. The highest BCUT2D eigenvalue weighted by atomic mass is 79.9. The highest BCUT2D eigenvalue weighted by Crippen LogP contribution is 2.41. The van der Waals surface area contributed by atoms with E-state index in [1.165, 1.54) is 23.9 Å². The molecule has 0 saturated carbocycles. The molecule has 4 nitrogen and oxygen atoms in total. The van der Waals surface area contributed by atoms with Crippen molar-refractivity contribution in [1.29, 1.82) is 0 Å². The SMILES string of the molecule is CSCC(=O)NCc1ccc(NC[C@](O)(c2cc(Br)cc(Br)c2)C(F)(F)F)cc1Br. The number of anilines is 1. The van der Waals surface area contributed by atoms with E-state index < -0.39 is 18.3 Å². The van der Waals surface area contributed by atoms with E-state index in [0.29, 0.717) is 31.4 Å². The molecule has 2 aromatic carbocycles. The first kappa shape index (κ1) is 25.5. The number of carbonyl (C=O) groups excluding carboxylic acids is 1. The molecular weight excluding hydrogens is 617 g/mol. The fraction of sp³-hybridized carbons (Fsp3) is 0.316. The van der Waals surface area contributed by atoms with Crippen LogP contribution >= 0.6 is 59.6 Å². The van der Waals surface area contributed by atoms with Gasteiger partial charge in [-0.1, -0.05) is 53.9 Å². The van der Waals surface area contributed by atoms with E-state index in [1.807, 2.05) is 6.26 Å². The molecule has 11 heteroatoms. The van der Waals surface area contributed by atoms with Gasteiger partial charge < -0.3 is 15.7 Å². The molecule has 2 aromatic rings. The zero-order chi connectivity index (χ0) is 22.5. The summed E-state index contributed by atoms with van der Waals surface area (Å²) < 4.78 is 42.7. The molecule has 0 aliphatic carbocycles. The van der Waals surface area contributed by atoms with Crippen molar-refractivity contribution in [2.75, 3.05) is 23.9 Å². The van der Waals surface area contributed by atoms with Crippen molar-refractivity contribution in [3.8, 4) is 0 Å². The lowest BCUT2D eigenvalue weighted by atomic mass is 9.93. The number of alkyl halides is 3. The minimum atomic E-state index is -4.90. The Morgan fingerprint density at radius 3 is 2.27 bits per heavy atom. The number of hydrogen-bond acceptors (Lipinski definition) is 4. The van der Waals surface area contributed by atoms with Crippen molar-refractivity contribution < 1.29 is 23.1 Å². The fourth-order valence-corrected chi connectivity index (χ4v) is 4.74. The summed E-state index contributed by atoms with van der Waals surface area (Å²) in [6.07, 6.45) is -3.08.